The number of aliphatic hydroxyl groups excluding tert-OH is 1. The molecule has 2 nitrogen and oxygen atoms in total. The number of hydrogen-bond donors (Lipinski definition) is 1. The van der Waals surface area contributed by atoms with Gasteiger partial charge >= 0.3 is 0 Å². The van der Waals surface area contributed by atoms with Gasteiger partial charge in [0.2, 0.25) is 0 Å². The predicted molar refractivity (Wildman–Crippen MR) is 58.6 cm³/mol. The van der Waals surface area contributed by atoms with Gasteiger partial charge in [-0.05, 0) is 20.3 Å². The molecule has 0 spiro atoms. The van der Waals surface area contributed by atoms with Crippen LogP contribution in [-0.2, 0) is 0 Å². The Kier molecular flexibility index (Phi) is 4.22. The summed E-state index contributed by atoms with van der Waals surface area (Å²) in [6, 6.07) is 0. The standard InChI is InChI=1S/C9H15NOS2/c1-6(4-5-11)12-9-10-7(2)8(3)13-9/h6,11H,4-5H2,1-3H3. The van der Waals surface area contributed by atoms with Crippen molar-refractivity contribution < 1.29 is 5.11 Å². The van der Waals surface area contributed by atoms with E-state index in [0.29, 0.717) is 5.25 Å². The largest absolute Gasteiger partial charge is 0.396 e. The normalized spacial score (nSPS) is 13.2. The second-order valence-electron chi connectivity index (χ2n) is 3.06. The van der Waals surface area contributed by atoms with E-state index < -0.39 is 0 Å². The fourth-order valence-corrected chi connectivity index (χ4v) is 3.36. The SMILES string of the molecule is Cc1nc(SC(C)CCO)sc1C. The third kappa shape index (κ3) is 3.29. The molecule has 0 radical (unpaired) electrons. The molecule has 1 heterocycles. The van der Waals surface area contributed by atoms with E-state index in [0.717, 1.165) is 16.5 Å². The second kappa shape index (κ2) is 4.98. The summed E-state index contributed by atoms with van der Waals surface area (Å²) in [6.45, 7) is 6.50. The maximum absolute atomic E-state index is 8.74. The van der Waals surface area contributed by atoms with Crippen LogP contribution < -0.4 is 0 Å². The van der Waals surface area contributed by atoms with E-state index in [4.69, 9.17) is 5.11 Å². The van der Waals surface area contributed by atoms with Gasteiger partial charge < -0.3 is 5.11 Å². The number of aliphatic hydroxyl groups is 1. The maximum Gasteiger partial charge on any atom is 0.150 e. The molecule has 74 valence electrons. The summed E-state index contributed by atoms with van der Waals surface area (Å²) in [5, 5.41) is 9.20. The van der Waals surface area contributed by atoms with Gasteiger partial charge in [0.25, 0.3) is 0 Å². The first-order valence-corrected chi connectivity index (χ1v) is 6.04. The average molecular weight is 217 g/mol. The molecule has 0 fully saturated rings. The van der Waals surface area contributed by atoms with Crippen molar-refractivity contribution in [3.8, 4) is 0 Å². The molecule has 0 amide bonds. The monoisotopic (exact) mass is 217 g/mol. The van der Waals surface area contributed by atoms with Crippen LogP contribution in [0.1, 0.15) is 23.9 Å². The van der Waals surface area contributed by atoms with Crippen LogP contribution in [0.4, 0.5) is 0 Å². The maximum atomic E-state index is 8.74. The smallest absolute Gasteiger partial charge is 0.150 e. The molecule has 1 aromatic rings. The summed E-state index contributed by atoms with van der Waals surface area (Å²) in [5.41, 5.74) is 1.13. The zero-order valence-electron chi connectivity index (χ0n) is 8.20. The lowest BCUT2D eigenvalue weighted by atomic mass is 10.4. The van der Waals surface area contributed by atoms with E-state index >= 15 is 0 Å². The van der Waals surface area contributed by atoms with E-state index in [9.17, 15) is 0 Å². The number of thioether (sulfide) groups is 1. The van der Waals surface area contributed by atoms with Gasteiger partial charge in [-0.3, -0.25) is 0 Å². The number of nitrogens with zero attached hydrogens (tertiary/aromatic N) is 1. The average Bonchev–Trinajstić information content (AvgIpc) is 2.31. The van der Waals surface area contributed by atoms with Gasteiger partial charge in [-0.2, -0.15) is 0 Å². The van der Waals surface area contributed by atoms with Crippen molar-refractivity contribution in [2.45, 2.75) is 36.8 Å². The Labute approximate surface area is 87.4 Å². The van der Waals surface area contributed by atoms with E-state index in [1.54, 1.807) is 23.1 Å². The molecule has 1 N–H and O–H groups in total. The number of aryl methyl sites for hydroxylation is 2. The highest BCUT2D eigenvalue weighted by Gasteiger charge is 2.08. The van der Waals surface area contributed by atoms with Crippen LogP contribution in [0, 0.1) is 13.8 Å². The fraction of sp³-hybridized carbons (Fsp3) is 0.667. The van der Waals surface area contributed by atoms with Gasteiger partial charge in [-0.15, -0.1) is 11.3 Å². The summed E-state index contributed by atoms with van der Waals surface area (Å²) < 4.78 is 1.12. The van der Waals surface area contributed by atoms with Crippen LogP contribution >= 0.6 is 23.1 Å². The summed E-state index contributed by atoms with van der Waals surface area (Å²) >= 11 is 3.49. The van der Waals surface area contributed by atoms with Crippen molar-refractivity contribution in [1.82, 2.24) is 4.98 Å². The molecule has 13 heavy (non-hydrogen) atoms. The van der Waals surface area contributed by atoms with E-state index in [1.165, 1.54) is 4.88 Å². The Morgan fingerprint density at radius 3 is 2.69 bits per heavy atom. The molecule has 4 heteroatoms. The predicted octanol–water partition coefficient (Wildman–Crippen LogP) is 2.62. The Balaban J connectivity index is 2.53. The Morgan fingerprint density at radius 2 is 2.23 bits per heavy atom. The van der Waals surface area contributed by atoms with Crippen LogP contribution in [0.25, 0.3) is 0 Å². The van der Waals surface area contributed by atoms with Crippen molar-refractivity contribution in [3.05, 3.63) is 10.6 Å². The Hall–Kier alpha value is -0.0600. The third-order valence-corrected chi connectivity index (χ3v) is 4.18. The minimum Gasteiger partial charge on any atom is -0.396 e. The lowest BCUT2D eigenvalue weighted by Crippen LogP contribution is -1.98. The third-order valence-electron chi connectivity index (χ3n) is 1.85. The van der Waals surface area contributed by atoms with Crippen LogP contribution in [-0.4, -0.2) is 21.9 Å². The molecule has 1 rings (SSSR count). The Bertz CT molecular complexity index is 253. The number of aromatic nitrogens is 1. The molecule has 1 unspecified atom stereocenters. The highest BCUT2D eigenvalue weighted by molar-refractivity contribution is 8.01. The summed E-state index contributed by atoms with van der Waals surface area (Å²) in [5.74, 6) is 0. The number of rotatable bonds is 4. The lowest BCUT2D eigenvalue weighted by molar-refractivity contribution is 0.289. The molecule has 1 aromatic heterocycles. The molecule has 1 atom stereocenters. The van der Waals surface area contributed by atoms with Crippen LogP contribution in [0.5, 0.6) is 0 Å². The van der Waals surface area contributed by atoms with Crippen molar-refractivity contribution >= 4 is 23.1 Å². The fourth-order valence-electron chi connectivity index (χ4n) is 0.907. The van der Waals surface area contributed by atoms with Crippen molar-refractivity contribution in [2.24, 2.45) is 0 Å². The second-order valence-corrected chi connectivity index (χ2v) is 5.95. The molecule has 0 bridgehead atoms. The first-order valence-electron chi connectivity index (χ1n) is 4.35. The van der Waals surface area contributed by atoms with E-state index in [1.807, 2.05) is 6.92 Å². The molecule has 0 saturated heterocycles. The zero-order chi connectivity index (χ0) is 9.84. The van der Waals surface area contributed by atoms with Crippen LogP contribution in [0.2, 0.25) is 0 Å². The highest BCUT2D eigenvalue weighted by Crippen LogP contribution is 2.30. The van der Waals surface area contributed by atoms with Gasteiger partial charge in [-0.25, -0.2) is 4.98 Å². The lowest BCUT2D eigenvalue weighted by Gasteiger charge is -2.05. The molecule has 0 aliphatic heterocycles. The van der Waals surface area contributed by atoms with Gasteiger partial charge in [0.05, 0.1) is 5.69 Å². The summed E-state index contributed by atoms with van der Waals surface area (Å²) in [7, 11) is 0. The van der Waals surface area contributed by atoms with Crippen LogP contribution in [0.15, 0.2) is 4.34 Å². The topological polar surface area (TPSA) is 33.1 Å². The van der Waals surface area contributed by atoms with Crippen molar-refractivity contribution in [1.29, 1.82) is 0 Å². The summed E-state index contributed by atoms with van der Waals surface area (Å²) in [6.07, 6.45) is 0.836. The van der Waals surface area contributed by atoms with Gasteiger partial charge in [0.1, 0.15) is 0 Å². The van der Waals surface area contributed by atoms with Gasteiger partial charge in [-0.1, -0.05) is 18.7 Å². The zero-order valence-corrected chi connectivity index (χ0v) is 9.84. The molecular formula is C9H15NOS2. The molecule has 0 aliphatic carbocycles. The van der Waals surface area contributed by atoms with E-state index in [-0.39, 0.29) is 6.61 Å². The molecule has 0 aliphatic rings. The molecule has 0 saturated carbocycles. The number of thiazole rings is 1. The van der Waals surface area contributed by atoms with Crippen molar-refractivity contribution in [2.75, 3.05) is 6.61 Å². The number of hydrogen-bond acceptors (Lipinski definition) is 4. The minimum absolute atomic E-state index is 0.261. The first kappa shape index (κ1) is 11.0. The van der Waals surface area contributed by atoms with Crippen LogP contribution in [0.3, 0.4) is 0 Å². The van der Waals surface area contributed by atoms with Gasteiger partial charge in [0.15, 0.2) is 4.34 Å². The van der Waals surface area contributed by atoms with Gasteiger partial charge in [0, 0.05) is 16.7 Å². The molecular weight excluding hydrogens is 202 g/mol. The quantitative estimate of drug-likeness (QED) is 0.787. The molecule has 0 aromatic carbocycles. The van der Waals surface area contributed by atoms with Crippen molar-refractivity contribution in [3.63, 3.8) is 0 Å². The minimum atomic E-state index is 0.261. The highest BCUT2D eigenvalue weighted by atomic mass is 32.2. The summed E-state index contributed by atoms with van der Waals surface area (Å²) in [4.78, 5) is 5.72. The van der Waals surface area contributed by atoms with E-state index in [2.05, 4.69) is 18.8 Å². The Morgan fingerprint density at radius 1 is 1.54 bits per heavy atom. The first-order chi connectivity index (χ1) is 6.13.